The SMILES string of the molecule is FC(F)(F)C=P1(CC(F)(F)F)NP(CC(F)(F)F)N(CC(F)(F)F)P(CC(F)(F)F)N1CC(F)(F)F. The highest BCUT2D eigenvalue weighted by molar-refractivity contribution is 7.90. The van der Waals surface area contributed by atoms with E-state index in [0.29, 0.717) is 0 Å². The summed E-state index contributed by atoms with van der Waals surface area (Å²) in [5, 5.41) is 0. The third kappa shape index (κ3) is 12.1. The van der Waals surface area contributed by atoms with Gasteiger partial charge in [0.05, 0.1) is 34.9 Å². The predicted molar refractivity (Wildman–Crippen MR) is 94.3 cm³/mol. The smallest absolute Gasteiger partial charge is 0.250 e. The molecule has 1 saturated heterocycles. The van der Waals surface area contributed by atoms with Crippen molar-refractivity contribution in [3.8, 4) is 0 Å². The molecule has 1 rings (SSSR count). The van der Waals surface area contributed by atoms with Gasteiger partial charge in [-0.05, 0) is 0 Å². The molecule has 1 heterocycles. The van der Waals surface area contributed by atoms with Crippen LogP contribution in [0.2, 0.25) is 0 Å². The van der Waals surface area contributed by atoms with Crippen LogP contribution in [0.25, 0.3) is 0 Å². The standard InChI is InChI=1S/C12H12F18N3P3/c13-7(14,15)1-32-34(3-9(19,20)21)31-36(5-11(25,26)27,6-12(28,29)30)33(2-8(16,17)18)35(32)4-10(22,23)24/h5,31H,1-4,6H2. The van der Waals surface area contributed by atoms with E-state index in [-0.39, 0.29) is 0 Å². The Morgan fingerprint density at radius 2 is 1.03 bits per heavy atom. The molecule has 36 heavy (non-hydrogen) atoms. The molecule has 24 heteroatoms. The van der Waals surface area contributed by atoms with Crippen molar-refractivity contribution in [1.82, 2.24) is 13.7 Å². The Hall–Kier alpha value is -0.220. The second kappa shape index (κ2) is 10.7. The molecule has 0 bridgehead atoms. The summed E-state index contributed by atoms with van der Waals surface area (Å²) >= 11 is 0. The largest absolute Gasteiger partial charge is 0.412 e. The summed E-state index contributed by atoms with van der Waals surface area (Å²) in [5.41, 5.74) is 0. The van der Waals surface area contributed by atoms with Crippen LogP contribution in [-0.4, -0.2) is 83.3 Å². The number of nitrogens with one attached hydrogen (secondary N) is 1. The van der Waals surface area contributed by atoms with E-state index >= 15 is 0 Å². The van der Waals surface area contributed by atoms with Gasteiger partial charge in [0.25, 0.3) is 0 Å². The number of alkyl halides is 18. The van der Waals surface area contributed by atoms with Crippen molar-refractivity contribution in [2.75, 3.05) is 31.6 Å². The number of halogens is 18. The first-order chi connectivity index (χ1) is 15.5. The summed E-state index contributed by atoms with van der Waals surface area (Å²) in [7, 11) is -14.8. The van der Waals surface area contributed by atoms with Gasteiger partial charge in [-0.15, -0.1) is 0 Å². The molecule has 0 spiro atoms. The first-order valence-electron chi connectivity index (χ1n) is 8.54. The molecule has 216 valence electrons. The quantitative estimate of drug-likeness (QED) is 0.246. The highest BCUT2D eigenvalue weighted by atomic mass is 31.3. The fraction of sp³-hybridized carbons (Fsp3) is 0.917. The van der Waals surface area contributed by atoms with E-state index < -0.39 is 107 Å². The Labute approximate surface area is 191 Å². The topological polar surface area (TPSA) is 18.5 Å². The van der Waals surface area contributed by atoms with E-state index in [9.17, 15) is 79.0 Å². The molecular formula is C12H12F18N3P3. The normalized spacial score (nSPS) is 26.4. The van der Waals surface area contributed by atoms with Gasteiger partial charge in [0, 0.05) is 13.0 Å². The molecule has 3 unspecified atom stereocenters. The molecule has 0 aliphatic carbocycles. The van der Waals surface area contributed by atoms with Gasteiger partial charge in [0.2, 0.25) is 0 Å². The second-order valence-corrected chi connectivity index (χ2v) is 14.7. The van der Waals surface area contributed by atoms with Gasteiger partial charge in [-0.2, -0.15) is 79.0 Å². The summed E-state index contributed by atoms with van der Waals surface area (Å²) in [6.07, 6.45) is -43.3. The fourth-order valence-corrected chi connectivity index (χ4v) is 15.1. The molecule has 1 N–H and O–H groups in total. The van der Waals surface area contributed by atoms with E-state index in [0.717, 1.165) is 4.86 Å². The Balaban J connectivity index is 4.08. The summed E-state index contributed by atoms with van der Waals surface area (Å²) in [4.78, 5) is 1.06. The lowest BCUT2D eigenvalue weighted by atomic mass is 10.7. The number of rotatable bonds is 5. The fourth-order valence-electron chi connectivity index (χ4n) is 2.81. The van der Waals surface area contributed by atoms with Crippen molar-refractivity contribution in [3.63, 3.8) is 0 Å². The Morgan fingerprint density at radius 1 is 0.583 bits per heavy atom. The first-order valence-corrected chi connectivity index (χ1v) is 13.5. The second-order valence-electron chi connectivity index (χ2n) is 6.98. The molecular weight excluding hydrogens is 621 g/mol. The van der Waals surface area contributed by atoms with Crippen molar-refractivity contribution in [3.05, 3.63) is 0 Å². The van der Waals surface area contributed by atoms with Gasteiger partial charge in [-0.1, -0.05) is 0 Å². The highest BCUT2D eigenvalue weighted by Crippen LogP contribution is 2.77. The van der Waals surface area contributed by atoms with Crippen LogP contribution in [-0.2, 0) is 0 Å². The lowest BCUT2D eigenvalue weighted by Gasteiger charge is -2.55. The molecule has 3 nitrogen and oxygen atoms in total. The average Bonchev–Trinajstić information content (AvgIpc) is 2.46. The van der Waals surface area contributed by atoms with Crippen LogP contribution >= 0.6 is 23.6 Å². The van der Waals surface area contributed by atoms with Crippen LogP contribution in [0.4, 0.5) is 79.0 Å². The maximum Gasteiger partial charge on any atom is 0.412 e. The third-order valence-electron chi connectivity index (χ3n) is 3.58. The summed E-state index contributed by atoms with van der Waals surface area (Å²) in [6, 6.07) is 0. The molecule has 0 saturated carbocycles. The minimum atomic E-state index is -6.09. The zero-order chi connectivity index (χ0) is 28.8. The molecule has 1 aliphatic heterocycles. The lowest BCUT2D eigenvalue weighted by Crippen LogP contribution is -2.48. The Bertz CT molecular complexity index is 791. The van der Waals surface area contributed by atoms with Crippen molar-refractivity contribution < 1.29 is 79.0 Å². The van der Waals surface area contributed by atoms with Gasteiger partial charge in [-0.25, -0.2) is 13.7 Å². The van der Waals surface area contributed by atoms with Crippen molar-refractivity contribution >= 4 is 29.4 Å². The lowest BCUT2D eigenvalue weighted by molar-refractivity contribution is -0.136. The molecule has 1 fully saturated rings. The maximum absolute atomic E-state index is 13.2. The van der Waals surface area contributed by atoms with E-state index in [1.54, 1.807) is 0 Å². The van der Waals surface area contributed by atoms with Crippen LogP contribution in [0.1, 0.15) is 0 Å². The van der Waals surface area contributed by atoms with E-state index in [2.05, 4.69) is 0 Å². The molecule has 1 aliphatic rings. The highest BCUT2D eigenvalue weighted by Gasteiger charge is 2.58. The van der Waals surface area contributed by atoms with E-state index in [1.807, 2.05) is 0 Å². The van der Waals surface area contributed by atoms with Crippen LogP contribution in [0.3, 0.4) is 0 Å². The van der Waals surface area contributed by atoms with Crippen LogP contribution < -0.4 is 4.86 Å². The molecule has 0 amide bonds. The Kier molecular flexibility index (Phi) is 10.1. The third-order valence-corrected chi connectivity index (χ3v) is 14.6. The first kappa shape index (κ1) is 33.8. The zero-order valence-corrected chi connectivity index (χ0v) is 19.3. The summed E-state index contributed by atoms with van der Waals surface area (Å²) in [6.45, 7) is -5.77. The van der Waals surface area contributed by atoms with E-state index in [4.69, 9.17) is 0 Å². The summed E-state index contributed by atoms with van der Waals surface area (Å²) in [5.74, 6) is -1.42. The molecule has 0 aromatic heterocycles. The number of hydrogen-bond donors (Lipinski definition) is 1. The van der Waals surface area contributed by atoms with Crippen LogP contribution in [0, 0.1) is 0 Å². The summed E-state index contributed by atoms with van der Waals surface area (Å²) < 4.78 is 235. The molecule has 0 aromatic carbocycles. The zero-order valence-electron chi connectivity index (χ0n) is 16.7. The number of hydrogen-bond acceptors (Lipinski definition) is 3. The average molecular weight is 633 g/mol. The van der Waals surface area contributed by atoms with Gasteiger partial charge in [-0.3, -0.25) is 0 Å². The van der Waals surface area contributed by atoms with Gasteiger partial charge in [0.1, 0.15) is 13.1 Å². The molecule has 3 atom stereocenters. The van der Waals surface area contributed by atoms with Crippen molar-refractivity contribution in [2.24, 2.45) is 0 Å². The van der Waals surface area contributed by atoms with Crippen LogP contribution in [0.5, 0.6) is 0 Å². The minimum absolute atomic E-state index is 0.782. The minimum Gasteiger partial charge on any atom is -0.250 e. The van der Waals surface area contributed by atoms with Crippen LogP contribution in [0.15, 0.2) is 0 Å². The van der Waals surface area contributed by atoms with E-state index in [1.165, 1.54) is 0 Å². The predicted octanol–water partition coefficient (Wildman–Crippen LogP) is 7.84. The van der Waals surface area contributed by atoms with Crippen molar-refractivity contribution in [2.45, 2.75) is 37.1 Å². The Morgan fingerprint density at radius 3 is 1.36 bits per heavy atom. The monoisotopic (exact) mass is 633 g/mol. The van der Waals surface area contributed by atoms with Crippen molar-refractivity contribution in [1.29, 1.82) is 0 Å². The van der Waals surface area contributed by atoms with Gasteiger partial charge >= 0.3 is 37.1 Å². The van der Waals surface area contributed by atoms with Gasteiger partial charge in [0.15, 0.2) is 0 Å². The molecule has 0 radical (unpaired) electrons. The molecule has 0 aromatic rings. The maximum atomic E-state index is 13.2. The number of nitrogens with zero attached hydrogens (tertiary/aromatic N) is 2. The van der Waals surface area contributed by atoms with Gasteiger partial charge < -0.3 is 0 Å².